The summed E-state index contributed by atoms with van der Waals surface area (Å²) in [5.41, 5.74) is 2.87. The molecular formula is C25H33N7O4. The lowest BCUT2D eigenvalue weighted by Gasteiger charge is -2.36. The number of aromatic nitrogens is 4. The zero-order valence-corrected chi connectivity index (χ0v) is 21.1. The highest BCUT2D eigenvalue weighted by Crippen LogP contribution is 2.29. The van der Waals surface area contributed by atoms with Crippen LogP contribution >= 0.6 is 0 Å². The molecule has 11 nitrogen and oxygen atoms in total. The van der Waals surface area contributed by atoms with Gasteiger partial charge in [-0.1, -0.05) is 13.0 Å². The predicted molar refractivity (Wildman–Crippen MR) is 135 cm³/mol. The first-order valence-electron chi connectivity index (χ1n) is 12.6. The first-order chi connectivity index (χ1) is 17.6. The van der Waals surface area contributed by atoms with Crippen LogP contribution in [0.2, 0.25) is 0 Å². The zero-order chi connectivity index (χ0) is 25.1. The third-order valence-electron chi connectivity index (χ3n) is 6.41. The fourth-order valence-corrected chi connectivity index (χ4v) is 4.69. The van der Waals surface area contributed by atoms with Crippen molar-refractivity contribution in [3.63, 3.8) is 0 Å². The minimum atomic E-state index is -0.201. The molecule has 0 radical (unpaired) electrons. The Morgan fingerprint density at radius 2 is 1.97 bits per heavy atom. The van der Waals surface area contributed by atoms with Gasteiger partial charge in [-0.3, -0.25) is 9.69 Å². The summed E-state index contributed by atoms with van der Waals surface area (Å²) in [6.45, 7) is 11.6. The molecule has 1 aromatic carbocycles. The van der Waals surface area contributed by atoms with E-state index in [1.807, 2.05) is 19.9 Å². The number of aryl methyl sites for hydroxylation is 2. The summed E-state index contributed by atoms with van der Waals surface area (Å²) in [5.74, 6) is 1.96. The number of H-pyrrole nitrogens is 1. The van der Waals surface area contributed by atoms with Gasteiger partial charge in [0.05, 0.1) is 17.9 Å². The van der Waals surface area contributed by atoms with Crippen LogP contribution in [0.4, 0.5) is 0 Å². The van der Waals surface area contributed by atoms with Crippen molar-refractivity contribution < 1.29 is 14.3 Å². The molecule has 0 spiro atoms. The van der Waals surface area contributed by atoms with Crippen LogP contribution in [0.25, 0.3) is 16.9 Å². The summed E-state index contributed by atoms with van der Waals surface area (Å²) in [6.07, 6.45) is 1.67. The minimum Gasteiger partial charge on any atom is -0.493 e. The number of oxime groups is 1. The van der Waals surface area contributed by atoms with Gasteiger partial charge < -0.3 is 24.2 Å². The Morgan fingerprint density at radius 1 is 1.14 bits per heavy atom. The summed E-state index contributed by atoms with van der Waals surface area (Å²) in [5, 5.41) is 8.83. The maximum atomic E-state index is 13.0. The van der Waals surface area contributed by atoms with Crippen LogP contribution in [0.5, 0.6) is 5.75 Å². The molecule has 0 unspecified atom stereocenters. The molecule has 36 heavy (non-hydrogen) atoms. The number of rotatable bonds is 7. The Labute approximate surface area is 209 Å². The van der Waals surface area contributed by atoms with Crippen LogP contribution in [0.3, 0.4) is 0 Å². The van der Waals surface area contributed by atoms with E-state index >= 15 is 0 Å². The van der Waals surface area contributed by atoms with E-state index in [0.29, 0.717) is 48.6 Å². The summed E-state index contributed by atoms with van der Waals surface area (Å²) in [6, 6.07) is 6.67. The van der Waals surface area contributed by atoms with E-state index in [0.717, 1.165) is 62.5 Å². The lowest BCUT2D eigenvalue weighted by molar-refractivity contribution is 0.0373. The highest BCUT2D eigenvalue weighted by molar-refractivity contribution is 5.73. The molecule has 1 fully saturated rings. The number of ether oxygens (including phenoxy) is 2. The SMILES string of the molecule is CCCc1nc(C)c2c(=O)[nH]c(-c3cc(CN4CCN(C5=NOCCO5)CC4)ccc3OCC)nn12. The second-order valence-corrected chi connectivity index (χ2v) is 9.01. The lowest BCUT2D eigenvalue weighted by Crippen LogP contribution is -2.49. The monoisotopic (exact) mass is 495 g/mol. The van der Waals surface area contributed by atoms with Gasteiger partial charge in [-0.2, -0.15) is 0 Å². The van der Waals surface area contributed by atoms with Gasteiger partial charge >= 0.3 is 6.02 Å². The molecule has 2 aliphatic rings. The van der Waals surface area contributed by atoms with E-state index in [4.69, 9.17) is 19.4 Å². The number of hydrogen-bond acceptors (Lipinski definition) is 9. The molecule has 192 valence electrons. The van der Waals surface area contributed by atoms with Gasteiger partial charge in [0, 0.05) is 39.1 Å². The number of nitrogens with zero attached hydrogens (tertiary/aromatic N) is 6. The number of piperazine rings is 1. The Kier molecular flexibility index (Phi) is 7.08. The van der Waals surface area contributed by atoms with Crippen molar-refractivity contribution in [3.8, 4) is 17.1 Å². The van der Waals surface area contributed by atoms with Crippen LogP contribution in [-0.2, 0) is 22.5 Å². The smallest absolute Gasteiger partial charge is 0.326 e. The summed E-state index contributed by atoms with van der Waals surface area (Å²) < 4.78 is 13.2. The Morgan fingerprint density at radius 3 is 2.69 bits per heavy atom. The molecule has 2 aliphatic heterocycles. The summed E-state index contributed by atoms with van der Waals surface area (Å²) in [4.78, 5) is 30.2. The summed E-state index contributed by atoms with van der Waals surface area (Å²) in [7, 11) is 0. The highest BCUT2D eigenvalue weighted by atomic mass is 16.7. The predicted octanol–water partition coefficient (Wildman–Crippen LogP) is 2.18. The molecule has 0 aliphatic carbocycles. The maximum Gasteiger partial charge on any atom is 0.326 e. The normalized spacial score (nSPS) is 16.5. The average molecular weight is 496 g/mol. The average Bonchev–Trinajstić information content (AvgIpc) is 3.21. The van der Waals surface area contributed by atoms with Gasteiger partial charge in [-0.15, -0.1) is 5.10 Å². The number of amidine groups is 1. The van der Waals surface area contributed by atoms with Crippen LogP contribution in [0.1, 0.15) is 37.4 Å². The Hall–Kier alpha value is -3.60. The van der Waals surface area contributed by atoms with Crippen molar-refractivity contribution in [3.05, 3.63) is 45.6 Å². The number of nitrogens with one attached hydrogen (secondary N) is 1. The second kappa shape index (κ2) is 10.6. The number of imidazole rings is 1. The van der Waals surface area contributed by atoms with E-state index in [1.165, 1.54) is 0 Å². The lowest BCUT2D eigenvalue weighted by atomic mass is 10.1. The van der Waals surface area contributed by atoms with Gasteiger partial charge in [-0.25, -0.2) is 9.50 Å². The number of fused-ring (bicyclic) bond motifs is 1. The Balaban J connectivity index is 1.40. The maximum absolute atomic E-state index is 13.0. The molecular weight excluding hydrogens is 462 g/mol. The van der Waals surface area contributed by atoms with Crippen LogP contribution < -0.4 is 10.3 Å². The van der Waals surface area contributed by atoms with E-state index in [1.54, 1.807) is 4.52 Å². The van der Waals surface area contributed by atoms with Crippen molar-refractivity contribution in [1.82, 2.24) is 29.4 Å². The standard InChI is InChI=1S/C25H33N7O4/c1-4-6-21-26-17(3)22-24(33)27-23(28-32(21)22)19-15-18(7-8-20(19)34-5-2)16-30-9-11-31(12-10-30)25-29-36-14-13-35-25/h7-8,15H,4-6,9-14,16H2,1-3H3,(H,27,28,33). The molecule has 4 heterocycles. The molecule has 11 heteroatoms. The van der Waals surface area contributed by atoms with E-state index in [-0.39, 0.29) is 5.56 Å². The molecule has 2 aromatic heterocycles. The third kappa shape index (κ3) is 4.88. The second-order valence-electron chi connectivity index (χ2n) is 9.01. The van der Waals surface area contributed by atoms with Crippen LogP contribution in [0.15, 0.2) is 28.1 Å². The minimum absolute atomic E-state index is 0.201. The molecule has 0 amide bonds. The Bertz CT molecular complexity index is 1310. The van der Waals surface area contributed by atoms with Gasteiger partial charge in [0.15, 0.2) is 17.9 Å². The van der Waals surface area contributed by atoms with Crippen molar-refractivity contribution >= 4 is 11.5 Å². The molecule has 1 N–H and O–H groups in total. The van der Waals surface area contributed by atoms with Crippen molar-refractivity contribution in [2.45, 2.75) is 40.2 Å². The molecule has 1 saturated heterocycles. The van der Waals surface area contributed by atoms with Gasteiger partial charge in [0.2, 0.25) is 0 Å². The van der Waals surface area contributed by atoms with Crippen molar-refractivity contribution in [2.24, 2.45) is 5.16 Å². The molecule has 0 saturated carbocycles. The topological polar surface area (TPSA) is 110 Å². The number of hydrogen-bond donors (Lipinski definition) is 1. The molecule has 0 atom stereocenters. The molecule has 5 rings (SSSR count). The van der Waals surface area contributed by atoms with E-state index < -0.39 is 0 Å². The van der Waals surface area contributed by atoms with Crippen LogP contribution in [-0.4, -0.2) is 81.4 Å². The largest absolute Gasteiger partial charge is 0.493 e. The zero-order valence-electron chi connectivity index (χ0n) is 21.1. The number of aromatic amines is 1. The fraction of sp³-hybridized carbons (Fsp3) is 0.520. The van der Waals surface area contributed by atoms with E-state index in [9.17, 15) is 4.79 Å². The third-order valence-corrected chi connectivity index (χ3v) is 6.41. The fourth-order valence-electron chi connectivity index (χ4n) is 4.69. The van der Waals surface area contributed by atoms with Gasteiger partial charge in [0.1, 0.15) is 18.2 Å². The summed E-state index contributed by atoms with van der Waals surface area (Å²) >= 11 is 0. The first-order valence-corrected chi connectivity index (χ1v) is 12.6. The molecule has 0 bridgehead atoms. The van der Waals surface area contributed by atoms with Crippen molar-refractivity contribution in [1.29, 1.82) is 0 Å². The van der Waals surface area contributed by atoms with E-state index in [2.05, 4.69) is 44.0 Å². The van der Waals surface area contributed by atoms with Gasteiger partial charge in [-0.05, 0) is 43.1 Å². The van der Waals surface area contributed by atoms with Crippen molar-refractivity contribution in [2.75, 3.05) is 46.0 Å². The highest BCUT2D eigenvalue weighted by Gasteiger charge is 2.23. The quantitative estimate of drug-likeness (QED) is 0.531. The van der Waals surface area contributed by atoms with Gasteiger partial charge in [0.25, 0.3) is 5.56 Å². The molecule has 3 aromatic rings. The number of benzene rings is 1. The first kappa shape index (κ1) is 24.1. The van der Waals surface area contributed by atoms with Crippen LogP contribution in [0, 0.1) is 6.92 Å².